The molecular weight excluding hydrogens is 400 g/mol. The third kappa shape index (κ3) is 3.38. The summed E-state index contributed by atoms with van der Waals surface area (Å²) in [5.41, 5.74) is 3.35. The van der Waals surface area contributed by atoms with Gasteiger partial charge in [0.25, 0.3) is 5.56 Å². The van der Waals surface area contributed by atoms with Gasteiger partial charge in [0.2, 0.25) is 0 Å². The SMILES string of the molecule is O=c1c2cc(-c3ccc(Cl)cc3)nc(-c3cccnc3)c2ncn1C1CCC(O)C1. The van der Waals surface area contributed by atoms with E-state index in [0.717, 1.165) is 17.5 Å². The molecular formula is C23H19ClN4O2. The Morgan fingerprint density at radius 1 is 1.10 bits per heavy atom. The summed E-state index contributed by atoms with van der Waals surface area (Å²) < 4.78 is 1.65. The molecule has 1 saturated carbocycles. The molecule has 3 heterocycles. The zero-order chi connectivity index (χ0) is 20.7. The Labute approximate surface area is 177 Å². The number of aliphatic hydroxyl groups excluding tert-OH is 1. The molecule has 0 amide bonds. The van der Waals surface area contributed by atoms with Crippen LogP contribution in [0.3, 0.4) is 0 Å². The van der Waals surface area contributed by atoms with E-state index >= 15 is 0 Å². The van der Waals surface area contributed by atoms with Gasteiger partial charge in [-0.2, -0.15) is 0 Å². The van der Waals surface area contributed by atoms with Crippen molar-refractivity contribution in [3.05, 3.63) is 76.6 Å². The van der Waals surface area contributed by atoms with E-state index in [-0.39, 0.29) is 17.7 Å². The van der Waals surface area contributed by atoms with Crippen molar-refractivity contribution < 1.29 is 5.11 Å². The summed E-state index contributed by atoms with van der Waals surface area (Å²) in [6, 6.07) is 12.8. The van der Waals surface area contributed by atoms with Gasteiger partial charge in [0.15, 0.2) is 0 Å². The molecule has 4 aromatic rings. The Kier molecular flexibility index (Phi) is 4.81. The first-order valence-corrected chi connectivity index (χ1v) is 10.2. The lowest BCUT2D eigenvalue weighted by Crippen LogP contribution is -2.24. The van der Waals surface area contributed by atoms with Crippen LogP contribution >= 0.6 is 11.6 Å². The van der Waals surface area contributed by atoms with Crippen LogP contribution in [-0.4, -0.2) is 30.7 Å². The van der Waals surface area contributed by atoms with E-state index in [1.54, 1.807) is 41.5 Å². The average Bonchev–Trinajstić information content (AvgIpc) is 3.20. The van der Waals surface area contributed by atoms with Crippen LogP contribution in [0, 0.1) is 0 Å². The zero-order valence-electron chi connectivity index (χ0n) is 16.1. The number of fused-ring (bicyclic) bond motifs is 1. The lowest BCUT2D eigenvalue weighted by Gasteiger charge is -2.15. The zero-order valence-corrected chi connectivity index (χ0v) is 16.8. The molecule has 0 spiro atoms. The Bertz CT molecular complexity index is 1270. The van der Waals surface area contributed by atoms with Crippen molar-refractivity contribution in [2.75, 3.05) is 0 Å². The molecule has 1 aliphatic rings. The van der Waals surface area contributed by atoms with Gasteiger partial charge in [-0.25, -0.2) is 9.97 Å². The van der Waals surface area contributed by atoms with Crippen LogP contribution in [0.4, 0.5) is 0 Å². The molecule has 1 aromatic carbocycles. The Morgan fingerprint density at radius 2 is 1.93 bits per heavy atom. The number of hydrogen-bond acceptors (Lipinski definition) is 5. The maximum absolute atomic E-state index is 13.4. The van der Waals surface area contributed by atoms with Crippen molar-refractivity contribution in [1.82, 2.24) is 19.5 Å². The topological polar surface area (TPSA) is 80.9 Å². The molecule has 3 aromatic heterocycles. The van der Waals surface area contributed by atoms with Crippen molar-refractivity contribution >= 4 is 22.5 Å². The molecule has 2 unspecified atom stereocenters. The van der Waals surface area contributed by atoms with E-state index in [2.05, 4.69) is 9.97 Å². The second-order valence-corrected chi connectivity index (χ2v) is 8.01. The molecule has 1 aliphatic carbocycles. The first kappa shape index (κ1) is 18.9. The minimum absolute atomic E-state index is 0.0432. The van der Waals surface area contributed by atoms with Gasteiger partial charge in [0.05, 0.1) is 29.2 Å². The Balaban J connectivity index is 1.76. The largest absolute Gasteiger partial charge is 0.393 e. The summed E-state index contributed by atoms with van der Waals surface area (Å²) in [7, 11) is 0. The maximum Gasteiger partial charge on any atom is 0.261 e. The fourth-order valence-electron chi connectivity index (χ4n) is 4.06. The van der Waals surface area contributed by atoms with Crippen molar-refractivity contribution in [3.8, 4) is 22.5 Å². The normalized spacial score (nSPS) is 18.7. The molecule has 7 heteroatoms. The number of hydrogen-bond donors (Lipinski definition) is 1. The van der Waals surface area contributed by atoms with Crippen molar-refractivity contribution in [3.63, 3.8) is 0 Å². The van der Waals surface area contributed by atoms with Crippen LogP contribution in [0.1, 0.15) is 25.3 Å². The monoisotopic (exact) mass is 418 g/mol. The first-order chi connectivity index (χ1) is 14.6. The third-order valence-electron chi connectivity index (χ3n) is 5.61. The third-order valence-corrected chi connectivity index (χ3v) is 5.87. The number of benzene rings is 1. The molecule has 30 heavy (non-hydrogen) atoms. The van der Waals surface area contributed by atoms with Crippen LogP contribution in [0.25, 0.3) is 33.4 Å². The quantitative estimate of drug-likeness (QED) is 0.537. The van der Waals surface area contributed by atoms with E-state index in [9.17, 15) is 9.90 Å². The molecule has 0 radical (unpaired) electrons. The minimum Gasteiger partial charge on any atom is -0.393 e. The summed E-state index contributed by atoms with van der Waals surface area (Å²) in [5.74, 6) is 0. The smallest absolute Gasteiger partial charge is 0.261 e. The molecule has 0 saturated heterocycles. The first-order valence-electron chi connectivity index (χ1n) is 9.86. The van der Waals surface area contributed by atoms with E-state index < -0.39 is 0 Å². The van der Waals surface area contributed by atoms with Crippen molar-refractivity contribution in [2.24, 2.45) is 0 Å². The summed E-state index contributed by atoms with van der Waals surface area (Å²) in [6.45, 7) is 0. The number of aliphatic hydroxyl groups is 1. The van der Waals surface area contributed by atoms with E-state index in [1.165, 1.54) is 0 Å². The number of pyridine rings is 2. The average molecular weight is 419 g/mol. The van der Waals surface area contributed by atoms with Gasteiger partial charge in [-0.3, -0.25) is 14.3 Å². The summed E-state index contributed by atoms with van der Waals surface area (Å²) >= 11 is 6.04. The number of aromatic nitrogens is 4. The van der Waals surface area contributed by atoms with Gasteiger partial charge in [0.1, 0.15) is 5.52 Å². The summed E-state index contributed by atoms with van der Waals surface area (Å²) in [4.78, 5) is 27.0. The molecule has 150 valence electrons. The van der Waals surface area contributed by atoms with Gasteiger partial charge < -0.3 is 5.11 Å². The number of nitrogens with zero attached hydrogens (tertiary/aromatic N) is 4. The highest BCUT2D eigenvalue weighted by molar-refractivity contribution is 6.30. The standard InChI is InChI=1S/C23H19ClN4O2/c24-16-5-3-14(4-6-16)20-11-19-22(21(27-20)15-2-1-9-25-12-15)26-13-28(23(19)30)17-7-8-18(29)10-17/h1-6,9,11-13,17-18,29H,7-8,10H2. The molecule has 0 aliphatic heterocycles. The van der Waals surface area contributed by atoms with E-state index in [1.807, 2.05) is 24.3 Å². The van der Waals surface area contributed by atoms with Crippen molar-refractivity contribution in [2.45, 2.75) is 31.4 Å². The molecule has 0 bridgehead atoms. The highest BCUT2D eigenvalue weighted by Crippen LogP contribution is 2.31. The van der Waals surface area contributed by atoms with Crippen LogP contribution in [0.5, 0.6) is 0 Å². The maximum atomic E-state index is 13.4. The van der Waals surface area contributed by atoms with Crippen LogP contribution in [0.15, 0.2) is 66.0 Å². The van der Waals surface area contributed by atoms with Gasteiger partial charge in [-0.1, -0.05) is 23.7 Å². The lowest BCUT2D eigenvalue weighted by atomic mass is 10.1. The highest BCUT2D eigenvalue weighted by atomic mass is 35.5. The molecule has 6 nitrogen and oxygen atoms in total. The van der Waals surface area contributed by atoms with Gasteiger partial charge in [-0.05, 0) is 49.6 Å². The predicted octanol–water partition coefficient (Wildman–Crippen LogP) is 4.26. The highest BCUT2D eigenvalue weighted by Gasteiger charge is 2.26. The predicted molar refractivity (Wildman–Crippen MR) is 116 cm³/mol. The van der Waals surface area contributed by atoms with Crippen LogP contribution in [-0.2, 0) is 0 Å². The lowest BCUT2D eigenvalue weighted by molar-refractivity contribution is 0.177. The second kappa shape index (κ2) is 7.63. The Hall–Kier alpha value is -3.09. The van der Waals surface area contributed by atoms with Gasteiger partial charge in [0, 0.05) is 34.6 Å². The van der Waals surface area contributed by atoms with E-state index in [0.29, 0.717) is 40.2 Å². The van der Waals surface area contributed by atoms with Crippen LogP contribution in [0.2, 0.25) is 5.02 Å². The molecule has 1 fully saturated rings. The van der Waals surface area contributed by atoms with Gasteiger partial charge in [-0.15, -0.1) is 0 Å². The summed E-state index contributed by atoms with van der Waals surface area (Å²) in [5, 5.41) is 11.0. The summed E-state index contributed by atoms with van der Waals surface area (Å²) in [6.07, 6.45) is 6.65. The number of halogens is 1. The van der Waals surface area contributed by atoms with Crippen molar-refractivity contribution in [1.29, 1.82) is 0 Å². The molecule has 5 rings (SSSR count). The molecule has 1 N–H and O–H groups in total. The second-order valence-electron chi connectivity index (χ2n) is 7.58. The van der Waals surface area contributed by atoms with E-state index in [4.69, 9.17) is 16.6 Å². The fraction of sp³-hybridized carbons (Fsp3) is 0.217. The molecule has 2 atom stereocenters. The van der Waals surface area contributed by atoms with Crippen LogP contribution < -0.4 is 5.56 Å². The van der Waals surface area contributed by atoms with Gasteiger partial charge >= 0.3 is 0 Å². The number of rotatable bonds is 3. The minimum atomic E-state index is -0.370. The fourth-order valence-corrected chi connectivity index (χ4v) is 4.19. The Morgan fingerprint density at radius 3 is 2.63 bits per heavy atom.